The van der Waals surface area contributed by atoms with E-state index in [2.05, 4.69) is 69.9 Å². The molecule has 0 aliphatic carbocycles. The van der Waals surface area contributed by atoms with Gasteiger partial charge in [-0.1, -0.05) is 31.9 Å². The molecule has 0 heterocycles. The van der Waals surface area contributed by atoms with Crippen molar-refractivity contribution in [1.82, 2.24) is 9.80 Å². The Bertz CT molecular complexity index is 122. The van der Waals surface area contributed by atoms with Gasteiger partial charge in [0.05, 0.1) is 0 Å². The van der Waals surface area contributed by atoms with Crippen molar-refractivity contribution in [3.05, 3.63) is 0 Å². The van der Waals surface area contributed by atoms with Crippen molar-refractivity contribution in [2.45, 2.75) is 0 Å². The first-order valence-electron chi connectivity index (χ1n) is 4.37. The summed E-state index contributed by atoms with van der Waals surface area (Å²) < 4.78 is 0. The van der Waals surface area contributed by atoms with Crippen molar-refractivity contribution in [3.8, 4) is 0 Å². The molecular formula is C9H20Br2N2. The highest BCUT2D eigenvalue weighted by Crippen LogP contribution is 2.24. The summed E-state index contributed by atoms with van der Waals surface area (Å²) in [4.78, 5) is 4.48. The highest BCUT2D eigenvalue weighted by atomic mass is 79.9. The van der Waals surface area contributed by atoms with Gasteiger partial charge in [-0.25, -0.2) is 0 Å². The summed E-state index contributed by atoms with van der Waals surface area (Å²) >= 11 is 7.21. The SMILES string of the molecule is CN(C)CC(CBr)(CBr)CN(C)C. The van der Waals surface area contributed by atoms with Gasteiger partial charge in [0.15, 0.2) is 0 Å². The molecule has 0 aromatic rings. The highest BCUT2D eigenvalue weighted by Gasteiger charge is 2.29. The molecule has 0 aromatic carbocycles. The van der Waals surface area contributed by atoms with E-state index in [1.165, 1.54) is 0 Å². The second kappa shape index (κ2) is 6.38. The summed E-state index contributed by atoms with van der Waals surface area (Å²) in [7, 11) is 8.48. The van der Waals surface area contributed by atoms with Crippen LogP contribution in [-0.4, -0.2) is 61.7 Å². The minimum atomic E-state index is 0.312. The fraction of sp³-hybridized carbons (Fsp3) is 1.00. The maximum Gasteiger partial charge on any atom is 0.0151 e. The van der Waals surface area contributed by atoms with E-state index in [1.54, 1.807) is 0 Å². The Hall–Kier alpha value is 0.880. The van der Waals surface area contributed by atoms with Gasteiger partial charge >= 0.3 is 0 Å². The molecule has 0 rings (SSSR count). The molecule has 0 aliphatic heterocycles. The van der Waals surface area contributed by atoms with Gasteiger partial charge in [0.1, 0.15) is 0 Å². The predicted molar refractivity (Wildman–Crippen MR) is 67.1 cm³/mol. The lowest BCUT2D eigenvalue weighted by molar-refractivity contribution is 0.194. The fourth-order valence-corrected chi connectivity index (χ4v) is 3.23. The molecule has 0 spiro atoms. The van der Waals surface area contributed by atoms with Crippen LogP contribution < -0.4 is 0 Å². The molecule has 0 aromatic heterocycles. The molecule has 0 saturated heterocycles. The Kier molecular flexibility index (Phi) is 6.81. The van der Waals surface area contributed by atoms with Crippen LogP contribution in [0, 0.1) is 5.41 Å². The first-order chi connectivity index (χ1) is 5.95. The van der Waals surface area contributed by atoms with Crippen molar-refractivity contribution in [2.24, 2.45) is 5.41 Å². The summed E-state index contributed by atoms with van der Waals surface area (Å²) in [6.45, 7) is 2.20. The molecule has 0 amide bonds. The maximum atomic E-state index is 3.61. The van der Waals surface area contributed by atoms with Crippen molar-refractivity contribution in [1.29, 1.82) is 0 Å². The van der Waals surface area contributed by atoms with Crippen LogP contribution in [-0.2, 0) is 0 Å². The third-order valence-corrected chi connectivity index (χ3v) is 4.25. The summed E-state index contributed by atoms with van der Waals surface area (Å²) in [5, 5.41) is 2.06. The molecule has 0 fully saturated rings. The monoisotopic (exact) mass is 314 g/mol. The normalized spacial score (nSPS) is 12.9. The Balaban J connectivity index is 4.30. The van der Waals surface area contributed by atoms with Crippen LogP contribution in [0.3, 0.4) is 0 Å². The highest BCUT2D eigenvalue weighted by molar-refractivity contribution is 9.09. The van der Waals surface area contributed by atoms with Crippen molar-refractivity contribution in [2.75, 3.05) is 51.9 Å². The van der Waals surface area contributed by atoms with Gasteiger partial charge in [0, 0.05) is 29.2 Å². The van der Waals surface area contributed by atoms with Crippen LogP contribution in [0.2, 0.25) is 0 Å². The van der Waals surface area contributed by atoms with E-state index in [-0.39, 0.29) is 0 Å². The van der Waals surface area contributed by atoms with Gasteiger partial charge in [-0.05, 0) is 28.2 Å². The number of nitrogens with zero attached hydrogens (tertiary/aromatic N) is 2. The standard InChI is InChI=1S/C9H20Br2N2/c1-12(2)7-9(5-10,6-11)8-13(3)4/h5-8H2,1-4H3. The van der Waals surface area contributed by atoms with Crippen LogP contribution in [0.25, 0.3) is 0 Å². The molecule has 80 valence electrons. The average molecular weight is 316 g/mol. The largest absolute Gasteiger partial charge is 0.309 e. The smallest absolute Gasteiger partial charge is 0.0151 e. The van der Waals surface area contributed by atoms with Gasteiger partial charge in [-0.2, -0.15) is 0 Å². The number of hydrogen-bond acceptors (Lipinski definition) is 2. The summed E-state index contributed by atoms with van der Waals surface area (Å²) in [6.07, 6.45) is 0. The zero-order valence-electron chi connectivity index (χ0n) is 8.98. The van der Waals surface area contributed by atoms with Gasteiger partial charge in [0.2, 0.25) is 0 Å². The van der Waals surface area contributed by atoms with Crippen LogP contribution in [0.1, 0.15) is 0 Å². The summed E-state index contributed by atoms with van der Waals surface area (Å²) in [6, 6.07) is 0. The third kappa shape index (κ3) is 5.35. The van der Waals surface area contributed by atoms with Crippen molar-refractivity contribution in [3.63, 3.8) is 0 Å². The molecule has 2 nitrogen and oxygen atoms in total. The molecule has 0 radical (unpaired) electrons. The quantitative estimate of drug-likeness (QED) is 0.691. The average Bonchev–Trinajstić information content (AvgIpc) is 2.01. The molecule has 0 aliphatic rings. The zero-order valence-corrected chi connectivity index (χ0v) is 12.2. The Morgan fingerprint density at radius 1 is 0.846 bits per heavy atom. The van der Waals surface area contributed by atoms with E-state index in [1.807, 2.05) is 0 Å². The van der Waals surface area contributed by atoms with E-state index in [0.717, 1.165) is 23.7 Å². The van der Waals surface area contributed by atoms with Gasteiger partial charge in [-0.15, -0.1) is 0 Å². The third-order valence-electron chi connectivity index (χ3n) is 1.87. The Morgan fingerprint density at radius 2 is 1.15 bits per heavy atom. The molecule has 0 bridgehead atoms. The van der Waals surface area contributed by atoms with Gasteiger partial charge < -0.3 is 9.80 Å². The second-order valence-electron chi connectivity index (χ2n) is 4.24. The van der Waals surface area contributed by atoms with E-state index in [0.29, 0.717) is 5.41 Å². The van der Waals surface area contributed by atoms with E-state index in [9.17, 15) is 0 Å². The van der Waals surface area contributed by atoms with Crippen molar-refractivity contribution >= 4 is 31.9 Å². The molecule has 0 saturated carbocycles. The second-order valence-corrected chi connectivity index (χ2v) is 5.36. The minimum Gasteiger partial charge on any atom is -0.309 e. The Morgan fingerprint density at radius 3 is 1.31 bits per heavy atom. The molecule has 13 heavy (non-hydrogen) atoms. The topological polar surface area (TPSA) is 6.48 Å². The van der Waals surface area contributed by atoms with Crippen LogP contribution in [0.15, 0.2) is 0 Å². The lowest BCUT2D eigenvalue weighted by atomic mass is 9.92. The number of alkyl halides is 2. The fourth-order valence-electron chi connectivity index (χ4n) is 1.60. The summed E-state index contributed by atoms with van der Waals surface area (Å²) in [5.41, 5.74) is 0.312. The molecular weight excluding hydrogens is 296 g/mol. The lowest BCUT2D eigenvalue weighted by Gasteiger charge is -2.35. The van der Waals surface area contributed by atoms with Crippen LogP contribution in [0.5, 0.6) is 0 Å². The number of rotatable bonds is 6. The number of hydrogen-bond donors (Lipinski definition) is 0. The predicted octanol–water partition coefficient (Wildman–Crippen LogP) is 1.89. The summed E-state index contributed by atoms with van der Waals surface area (Å²) in [5.74, 6) is 0. The van der Waals surface area contributed by atoms with Gasteiger partial charge in [-0.3, -0.25) is 0 Å². The van der Waals surface area contributed by atoms with Crippen molar-refractivity contribution < 1.29 is 0 Å². The van der Waals surface area contributed by atoms with E-state index in [4.69, 9.17) is 0 Å². The maximum absolute atomic E-state index is 3.61. The molecule has 0 atom stereocenters. The van der Waals surface area contributed by atoms with Crippen LogP contribution >= 0.6 is 31.9 Å². The minimum absolute atomic E-state index is 0.312. The molecule has 0 N–H and O–H groups in total. The Labute approximate surface area is 98.9 Å². The molecule has 0 unspecified atom stereocenters. The van der Waals surface area contributed by atoms with E-state index < -0.39 is 0 Å². The number of halogens is 2. The first kappa shape index (κ1) is 13.9. The molecule has 4 heteroatoms. The zero-order chi connectivity index (χ0) is 10.5. The van der Waals surface area contributed by atoms with Crippen LogP contribution in [0.4, 0.5) is 0 Å². The van der Waals surface area contributed by atoms with Gasteiger partial charge in [0.25, 0.3) is 0 Å². The lowest BCUT2D eigenvalue weighted by Crippen LogP contribution is -2.44. The first-order valence-corrected chi connectivity index (χ1v) is 6.61. The van der Waals surface area contributed by atoms with E-state index >= 15 is 0 Å².